The average molecular weight is 441 g/mol. The third kappa shape index (κ3) is 5.35. The molecule has 0 saturated heterocycles. The Hall–Kier alpha value is -3.52. The van der Waals surface area contributed by atoms with Crippen molar-refractivity contribution in [2.24, 2.45) is 0 Å². The maximum atomic E-state index is 12.7. The second-order valence-corrected chi connectivity index (χ2v) is 8.38. The van der Waals surface area contributed by atoms with Crippen LogP contribution in [0.5, 0.6) is 11.5 Å². The second kappa shape index (κ2) is 9.53. The Morgan fingerprint density at radius 2 is 1.68 bits per heavy atom. The van der Waals surface area contributed by atoms with Crippen molar-refractivity contribution in [1.29, 1.82) is 0 Å². The first-order valence-electron chi connectivity index (χ1n) is 9.64. The summed E-state index contributed by atoms with van der Waals surface area (Å²) < 4.78 is 38.5. The summed E-state index contributed by atoms with van der Waals surface area (Å²) in [5.74, 6) is 0.829. The molecule has 0 fully saturated rings. The lowest BCUT2D eigenvalue weighted by Gasteiger charge is -2.14. The molecule has 0 aromatic heterocycles. The monoisotopic (exact) mass is 440 g/mol. The summed E-state index contributed by atoms with van der Waals surface area (Å²) in [6.07, 6.45) is 0. The maximum absolute atomic E-state index is 12.7. The molecule has 2 N–H and O–H groups in total. The van der Waals surface area contributed by atoms with Crippen molar-refractivity contribution in [3.05, 3.63) is 77.9 Å². The lowest BCUT2D eigenvalue weighted by Crippen LogP contribution is -2.15. The fraction of sp³-hybridized carbons (Fsp3) is 0.174. The standard InChI is InChI=1S/C23H24N2O5S/c1-4-30-22-8-6-5-7-21(22)24-23(26)17-9-14-20(16(2)15-17)25-31(27,28)19-12-10-18(29-3)11-13-19/h5-15,25H,4H2,1-3H3,(H,24,26). The van der Waals surface area contributed by atoms with E-state index in [9.17, 15) is 13.2 Å². The third-order valence-electron chi connectivity index (χ3n) is 4.54. The number of carbonyl (C=O) groups excluding carboxylic acids is 1. The SMILES string of the molecule is CCOc1ccccc1NC(=O)c1ccc(NS(=O)(=O)c2ccc(OC)cc2)c(C)c1. The van der Waals surface area contributed by atoms with Gasteiger partial charge in [-0.1, -0.05) is 12.1 Å². The van der Waals surface area contributed by atoms with E-state index in [2.05, 4.69) is 10.0 Å². The lowest BCUT2D eigenvalue weighted by atomic mass is 10.1. The Bertz CT molecular complexity index is 1170. The number of ether oxygens (including phenoxy) is 2. The van der Waals surface area contributed by atoms with Gasteiger partial charge < -0.3 is 14.8 Å². The Labute approximate surface area is 182 Å². The van der Waals surface area contributed by atoms with Gasteiger partial charge in [0, 0.05) is 5.56 Å². The van der Waals surface area contributed by atoms with Crippen LogP contribution in [-0.2, 0) is 10.0 Å². The molecule has 3 aromatic rings. The number of sulfonamides is 1. The van der Waals surface area contributed by atoms with Crippen LogP contribution in [0.15, 0.2) is 71.6 Å². The van der Waals surface area contributed by atoms with Gasteiger partial charge in [0.2, 0.25) is 0 Å². The molecule has 31 heavy (non-hydrogen) atoms. The summed E-state index contributed by atoms with van der Waals surface area (Å²) in [6, 6.07) is 18.0. The molecule has 3 aromatic carbocycles. The van der Waals surface area contributed by atoms with Gasteiger partial charge in [0.25, 0.3) is 15.9 Å². The molecule has 8 heteroatoms. The van der Waals surface area contributed by atoms with E-state index >= 15 is 0 Å². The summed E-state index contributed by atoms with van der Waals surface area (Å²) in [7, 11) is -2.26. The van der Waals surface area contributed by atoms with Gasteiger partial charge >= 0.3 is 0 Å². The van der Waals surface area contributed by atoms with Crippen LogP contribution in [0, 0.1) is 6.92 Å². The number of nitrogens with one attached hydrogen (secondary N) is 2. The molecule has 0 atom stereocenters. The molecule has 3 rings (SSSR count). The topological polar surface area (TPSA) is 93.7 Å². The van der Waals surface area contributed by atoms with Gasteiger partial charge in [-0.15, -0.1) is 0 Å². The zero-order valence-electron chi connectivity index (χ0n) is 17.5. The number of rotatable bonds is 8. The van der Waals surface area contributed by atoms with Crippen LogP contribution >= 0.6 is 0 Å². The molecule has 7 nitrogen and oxygen atoms in total. The van der Waals surface area contributed by atoms with E-state index in [0.717, 1.165) is 0 Å². The van der Waals surface area contributed by atoms with E-state index in [0.29, 0.717) is 40.6 Å². The van der Waals surface area contributed by atoms with E-state index < -0.39 is 10.0 Å². The highest BCUT2D eigenvalue weighted by molar-refractivity contribution is 7.92. The van der Waals surface area contributed by atoms with Crippen molar-refractivity contribution in [3.63, 3.8) is 0 Å². The minimum Gasteiger partial charge on any atom is -0.497 e. The highest BCUT2D eigenvalue weighted by atomic mass is 32.2. The molecule has 0 unspecified atom stereocenters. The number of hydrogen-bond acceptors (Lipinski definition) is 5. The predicted molar refractivity (Wildman–Crippen MR) is 121 cm³/mol. The normalized spacial score (nSPS) is 10.9. The molecule has 0 aliphatic carbocycles. The fourth-order valence-electron chi connectivity index (χ4n) is 2.92. The Morgan fingerprint density at radius 1 is 0.968 bits per heavy atom. The van der Waals surface area contributed by atoms with Gasteiger partial charge in [-0.2, -0.15) is 0 Å². The predicted octanol–water partition coefficient (Wildman–Crippen LogP) is 4.46. The van der Waals surface area contributed by atoms with Crippen LogP contribution in [-0.4, -0.2) is 28.0 Å². The van der Waals surface area contributed by atoms with Crippen LogP contribution in [0.4, 0.5) is 11.4 Å². The largest absolute Gasteiger partial charge is 0.497 e. The van der Waals surface area contributed by atoms with Crippen LogP contribution in [0.1, 0.15) is 22.8 Å². The molecular formula is C23H24N2O5S. The van der Waals surface area contributed by atoms with Crippen molar-refractivity contribution >= 4 is 27.3 Å². The molecule has 1 amide bonds. The fourth-order valence-corrected chi connectivity index (χ4v) is 4.05. The first-order chi connectivity index (χ1) is 14.8. The quantitative estimate of drug-likeness (QED) is 0.540. The van der Waals surface area contributed by atoms with Crippen LogP contribution in [0.25, 0.3) is 0 Å². The van der Waals surface area contributed by atoms with Gasteiger partial charge in [0.1, 0.15) is 11.5 Å². The summed E-state index contributed by atoms with van der Waals surface area (Å²) in [4.78, 5) is 12.8. The number of amides is 1. The zero-order valence-corrected chi connectivity index (χ0v) is 18.3. The minimum atomic E-state index is -3.78. The molecule has 0 heterocycles. The number of methoxy groups -OCH3 is 1. The first-order valence-corrected chi connectivity index (χ1v) is 11.1. The maximum Gasteiger partial charge on any atom is 0.261 e. The molecule has 0 aliphatic rings. The van der Waals surface area contributed by atoms with Crippen LogP contribution in [0.2, 0.25) is 0 Å². The van der Waals surface area contributed by atoms with Crippen molar-refractivity contribution < 1.29 is 22.7 Å². The van der Waals surface area contributed by atoms with E-state index in [4.69, 9.17) is 9.47 Å². The van der Waals surface area contributed by atoms with Crippen molar-refractivity contribution in [1.82, 2.24) is 0 Å². The average Bonchev–Trinajstić information content (AvgIpc) is 2.76. The van der Waals surface area contributed by atoms with Crippen molar-refractivity contribution in [3.8, 4) is 11.5 Å². The minimum absolute atomic E-state index is 0.113. The highest BCUT2D eigenvalue weighted by Gasteiger charge is 2.17. The molecule has 0 aliphatic heterocycles. The zero-order chi connectivity index (χ0) is 22.4. The highest BCUT2D eigenvalue weighted by Crippen LogP contribution is 2.26. The molecular weight excluding hydrogens is 416 g/mol. The molecule has 0 saturated carbocycles. The molecule has 162 valence electrons. The summed E-state index contributed by atoms with van der Waals surface area (Å²) >= 11 is 0. The number of hydrogen-bond donors (Lipinski definition) is 2. The Morgan fingerprint density at radius 3 is 2.32 bits per heavy atom. The number of benzene rings is 3. The molecule has 0 radical (unpaired) electrons. The van der Waals surface area contributed by atoms with E-state index in [1.807, 2.05) is 13.0 Å². The lowest BCUT2D eigenvalue weighted by molar-refractivity contribution is 0.102. The van der Waals surface area contributed by atoms with Crippen molar-refractivity contribution in [2.75, 3.05) is 23.8 Å². The van der Waals surface area contributed by atoms with Crippen molar-refractivity contribution in [2.45, 2.75) is 18.7 Å². The summed E-state index contributed by atoms with van der Waals surface area (Å²) in [6.45, 7) is 4.08. The second-order valence-electron chi connectivity index (χ2n) is 6.69. The summed E-state index contributed by atoms with van der Waals surface area (Å²) in [5, 5.41) is 2.83. The van der Waals surface area contributed by atoms with Crippen LogP contribution < -0.4 is 19.5 Å². The number of anilines is 2. The van der Waals surface area contributed by atoms with Gasteiger partial charge in [0.15, 0.2) is 0 Å². The van der Waals surface area contributed by atoms with E-state index in [1.165, 1.54) is 19.2 Å². The van der Waals surface area contributed by atoms with E-state index in [1.54, 1.807) is 55.5 Å². The molecule has 0 bridgehead atoms. The number of aryl methyl sites for hydroxylation is 1. The smallest absolute Gasteiger partial charge is 0.261 e. The third-order valence-corrected chi connectivity index (χ3v) is 5.92. The molecule has 0 spiro atoms. The summed E-state index contributed by atoms with van der Waals surface area (Å²) in [5.41, 5.74) is 1.97. The van der Waals surface area contributed by atoms with Gasteiger partial charge in [-0.05, 0) is 74.0 Å². The van der Waals surface area contributed by atoms with E-state index in [-0.39, 0.29) is 10.8 Å². The first kappa shape index (κ1) is 22.2. The number of para-hydroxylation sites is 2. The Balaban J connectivity index is 1.77. The number of carbonyl (C=O) groups is 1. The van der Waals surface area contributed by atoms with Gasteiger partial charge in [-0.3, -0.25) is 9.52 Å². The van der Waals surface area contributed by atoms with Gasteiger partial charge in [-0.25, -0.2) is 8.42 Å². The van der Waals surface area contributed by atoms with Gasteiger partial charge in [0.05, 0.1) is 30.0 Å². The van der Waals surface area contributed by atoms with Crippen LogP contribution in [0.3, 0.4) is 0 Å². The Kier molecular flexibility index (Phi) is 6.81.